The fraction of sp³-hybridized carbons (Fsp3) is 0.667. The van der Waals surface area contributed by atoms with Gasteiger partial charge in [-0.15, -0.1) is 0 Å². The standard InChI is InChI=1S/C15H24N2O2/c1-18-14-8-10-17-13(15(14)19-2)11-16-9-7-12-5-3-4-6-12/h8,10,12,16H,3-7,9,11H2,1-2H3. The second-order valence-electron chi connectivity index (χ2n) is 5.11. The van der Waals surface area contributed by atoms with Gasteiger partial charge in [0.15, 0.2) is 11.5 Å². The predicted molar refractivity (Wildman–Crippen MR) is 75.6 cm³/mol. The molecule has 0 unspecified atom stereocenters. The lowest BCUT2D eigenvalue weighted by Gasteiger charge is -2.13. The molecule has 1 aliphatic rings. The number of hydrogen-bond donors (Lipinski definition) is 1. The summed E-state index contributed by atoms with van der Waals surface area (Å²) in [6, 6.07) is 1.82. The van der Waals surface area contributed by atoms with Gasteiger partial charge in [-0.1, -0.05) is 25.7 Å². The van der Waals surface area contributed by atoms with Crippen LogP contribution in [0.25, 0.3) is 0 Å². The third-order valence-corrected chi connectivity index (χ3v) is 3.86. The van der Waals surface area contributed by atoms with E-state index in [9.17, 15) is 0 Å². The number of pyridine rings is 1. The highest BCUT2D eigenvalue weighted by Crippen LogP contribution is 2.29. The first-order valence-corrected chi connectivity index (χ1v) is 7.11. The second-order valence-corrected chi connectivity index (χ2v) is 5.11. The molecule has 1 saturated carbocycles. The molecule has 0 radical (unpaired) electrons. The minimum absolute atomic E-state index is 0.729. The zero-order chi connectivity index (χ0) is 13.5. The van der Waals surface area contributed by atoms with Crippen LogP contribution >= 0.6 is 0 Å². The third kappa shape index (κ3) is 3.83. The summed E-state index contributed by atoms with van der Waals surface area (Å²) < 4.78 is 10.6. The van der Waals surface area contributed by atoms with Gasteiger partial charge in [0, 0.05) is 18.8 Å². The van der Waals surface area contributed by atoms with Crippen LogP contribution in [0, 0.1) is 5.92 Å². The fourth-order valence-electron chi connectivity index (χ4n) is 2.79. The summed E-state index contributed by atoms with van der Waals surface area (Å²) in [7, 11) is 3.30. The molecule has 19 heavy (non-hydrogen) atoms. The van der Waals surface area contributed by atoms with Crippen molar-refractivity contribution in [2.45, 2.75) is 38.6 Å². The van der Waals surface area contributed by atoms with Crippen molar-refractivity contribution in [3.05, 3.63) is 18.0 Å². The first-order valence-electron chi connectivity index (χ1n) is 7.11. The van der Waals surface area contributed by atoms with E-state index in [1.807, 2.05) is 6.07 Å². The van der Waals surface area contributed by atoms with Gasteiger partial charge in [0.1, 0.15) is 0 Å². The molecule has 1 N–H and O–H groups in total. The Kier molecular flexibility index (Phi) is 5.45. The molecule has 0 atom stereocenters. The molecule has 0 amide bonds. The molecule has 4 heteroatoms. The minimum Gasteiger partial charge on any atom is -0.493 e. The monoisotopic (exact) mass is 264 g/mol. The Bertz CT molecular complexity index is 390. The van der Waals surface area contributed by atoms with Crippen LogP contribution in [0.15, 0.2) is 12.3 Å². The molecule has 0 bridgehead atoms. The van der Waals surface area contributed by atoms with Crippen LogP contribution in [0.3, 0.4) is 0 Å². The highest BCUT2D eigenvalue weighted by Gasteiger charge is 2.14. The van der Waals surface area contributed by atoms with Crippen molar-refractivity contribution in [3.63, 3.8) is 0 Å². The van der Waals surface area contributed by atoms with Crippen molar-refractivity contribution in [2.24, 2.45) is 5.92 Å². The Labute approximate surface area is 115 Å². The van der Waals surface area contributed by atoms with Gasteiger partial charge in [0.2, 0.25) is 0 Å². The quantitative estimate of drug-likeness (QED) is 0.769. The summed E-state index contributed by atoms with van der Waals surface area (Å²) in [4.78, 5) is 4.36. The Balaban J connectivity index is 1.81. The van der Waals surface area contributed by atoms with Crippen LogP contribution in [0.5, 0.6) is 11.5 Å². The molecule has 2 rings (SSSR count). The number of ether oxygens (including phenoxy) is 2. The molecule has 4 nitrogen and oxygen atoms in total. The van der Waals surface area contributed by atoms with Crippen LogP contribution in [-0.2, 0) is 6.54 Å². The van der Waals surface area contributed by atoms with E-state index in [0.29, 0.717) is 0 Å². The van der Waals surface area contributed by atoms with Crippen LogP contribution in [0.1, 0.15) is 37.8 Å². The van der Waals surface area contributed by atoms with Crippen molar-refractivity contribution < 1.29 is 9.47 Å². The number of rotatable bonds is 7. The van der Waals surface area contributed by atoms with Crippen LogP contribution in [0.4, 0.5) is 0 Å². The van der Waals surface area contributed by atoms with Gasteiger partial charge >= 0.3 is 0 Å². The summed E-state index contributed by atoms with van der Waals surface area (Å²) in [5.41, 5.74) is 0.910. The van der Waals surface area contributed by atoms with Gasteiger partial charge in [0.25, 0.3) is 0 Å². The molecule has 0 aliphatic heterocycles. The molecule has 1 heterocycles. The zero-order valence-corrected chi connectivity index (χ0v) is 11.9. The minimum atomic E-state index is 0.729. The first-order chi connectivity index (χ1) is 9.35. The summed E-state index contributed by atoms with van der Waals surface area (Å²) >= 11 is 0. The fourth-order valence-corrected chi connectivity index (χ4v) is 2.79. The van der Waals surface area contributed by atoms with Crippen molar-refractivity contribution in [3.8, 4) is 11.5 Å². The number of aromatic nitrogens is 1. The highest BCUT2D eigenvalue weighted by atomic mass is 16.5. The predicted octanol–water partition coefficient (Wildman–Crippen LogP) is 2.77. The molecule has 1 aliphatic carbocycles. The maximum Gasteiger partial charge on any atom is 0.183 e. The maximum atomic E-state index is 5.37. The van der Waals surface area contributed by atoms with Gasteiger partial charge in [-0.05, 0) is 18.9 Å². The first kappa shape index (κ1) is 14.1. The lowest BCUT2D eigenvalue weighted by atomic mass is 10.0. The van der Waals surface area contributed by atoms with Gasteiger partial charge < -0.3 is 14.8 Å². The van der Waals surface area contributed by atoms with E-state index in [0.717, 1.165) is 36.2 Å². The van der Waals surface area contributed by atoms with E-state index in [-0.39, 0.29) is 0 Å². The molecule has 1 aromatic rings. The van der Waals surface area contributed by atoms with Gasteiger partial charge in [-0.25, -0.2) is 0 Å². The maximum absolute atomic E-state index is 5.37. The van der Waals surface area contributed by atoms with Crippen LogP contribution < -0.4 is 14.8 Å². The summed E-state index contributed by atoms with van der Waals surface area (Å²) in [5, 5.41) is 3.46. The van der Waals surface area contributed by atoms with Crippen LogP contribution in [0.2, 0.25) is 0 Å². The van der Waals surface area contributed by atoms with E-state index in [2.05, 4.69) is 10.3 Å². The third-order valence-electron chi connectivity index (χ3n) is 3.86. The van der Waals surface area contributed by atoms with Gasteiger partial charge in [0.05, 0.1) is 19.9 Å². The van der Waals surface area contributed by atoms with Crippen LogP contribution in [-0.4, -0.2) is 25.7 Å². The van der Waals surface area contributed by atoms with E-state index in [4.69, 9.17) is 9.47 Å². The smallest absolute Gasteiger partial charge is 0.183 e. The van der Waals surface area contributed by atoms with Gasteiger partial charge in [-0.2, -0.15) is 0 Å². The molecule has 0 spiro atoms. The molecule has 106 valence electrons. The summed E-state index contributed by atoms with van der Waals surface area (Å²) in [5.74, 6) is 2.40. The van der Waals surface area contributed by atoms with E-state index < -0.39 is 0 Å². The van der Waals surface area contributed by atoms with Crippen molar-refractivity contribution in [1.82, 2.24) is 10.3 Å². The number of hydrogen-bond acceptors (Lipinski definition) is 4. The summed E-state index contributed by atoms with van der Waals surface area (Å²) in [6.45, 7) is 1.78. The number of methoxy groups -OCH3 is 2. The van der Waals surface area contributed by atoms with Gasteiger partial charge in [-0.3, -0.25) is 4.98 Å². The molecule has 0 aromatic carbocycles. The lowest BCUT2D eigenvalue weighted by Crippen LogP contribution is -2.18. The normalized spacial score (nSPS) is 15.7. The average Bonchev–Trinajstić information content (AvgIpc) is 2.96. The van der Waals surface area contributed by atoms with E-state index >= 15 is 0 Å². The number of nitrogens with one attached hydrogen (secondary N) is 1. The summed E-state index contributed by atoms with van der Waals surface area (Å²) in [6.07, 6.45) is 8.66. The molecule has 1 aromatic heterocycles. The Morgan fingerprint density at radius 3 is 2.74 bits per heavy atom. The zero-order valence-electron chi connectivity index (χ0n) is 11.9. The molecular formula is C15H24N2O2. The van der Waals surface area contributed by atoms with E-state index in [1.54, 1.807) is 20.4 Å². The lowest BCUT2D eigenvalue weighted by molar-refractivity contribution is 0.347. The number of nitrogens with zero attached hydrogens (tertiary/aromatic N) is 1. The molecule has 1 fully saturated rings. The second kappa shape index (κ2) is 7.34. The Morgan fingerprint density at radius 2 is 2.05 bits per heavy atom. The molecular weight excluding hydrogens is 240 g/mol. The Morgan fingerprint density at radius 1 is 1.26 bits per heavy atom. The van der Waals surface area contributed by atoms with Crippen molar-refractivity contribution >= 4 is 0 Å². The largest absolute Gasteiger partial charge is 0.493 e. The highest BCUT2D eigenvalue weighted by molar-refractivity contribution is 5.42. The Hall–Kier alpha value is -1.29. The average molecular weight is 264 g/mol. The SMILES string of the molecule is COc1ccnc(CNCCC2CCCC2)c1OC. The van der Waals surface area contributed by atoms with Crippen molar-refractivity contribution in [1.29, 1.82) is 0 Å². The van der Waals surface area contributed by atoms with Crippen molar-refractivity contribution in [2.75, 3.05) is 20.8 Å². The molecule has 0 saturated heterocycles. The van der Waals surface area contributed by atoms with E-state index in [1.165, 1.54) is 32.1 Å². The topological polar surface area (TPSA) is 43.4 Å².